The van der Waals surface area contributed by atoms with Gasteiger partial charge in [-0.05, 0) is 66.2 Å². The summed E-state index contributed by atoms with van der Waals surface area (Å²) >= 11 is 0. The molecule has 110 valence electrons. The highest BCUT2D eigenvalue weighted by molar-refractivity contribution is 5.34. The van der Waals surface area contributed by atoms with Gasteiger partial charge >= 0.3 is 0 Å². The van der Waals surface area contributed by atoms with Crippen molar-refractivity contribution in [2.45, 2.75) is 57.8 Å². The van der Waals surface area contributed by atoms with Crippen LogP contribution in [0.3, 0.4) is 0 Å². The van der Waals surface area contributed by atoms with Crippen LogP contribution in [-0.2, 0) is 12.8 Å². The van der Waals surface area contributed by atoms with E-state index in [2.05, 4.69) is 62.4 Å². The summed E-state index contributed by atoms with van der Waals surface area (Å²) in [5, 5.41) is 0. The SMILES string of the molecule is CC1CCCc2ccccc21.CC1CCc2ccccc21. The molecule has 0 bridgehead atoms. The molecule has 0 heterocycles. The summed E-state index contributed by atoms with van der Waals surface area (Å²) in [7, 11) is 0. The Morgan fingerprint density at radius 1 is 0.667 bits per heavy atom. The molecule has 21 heavy (non-hydrogen) atoms. The topological polar surface area (TPSA) is 0 Å². The van der Waals surface area contributed by atoms with Crippen LogP contribution < -0.4 is 0 Å². The van der Waals surface area contributed by atoms with Crippen molar-refractivity contribution in [2.75, 3.05) is 0 Å². The van der Waals surface area contributed by atoms with Crippen LogP contribution >= 0.6 is 0 Å². The lowest BCUT2D eigenvalue weighted by molar-refractivity contribution is 0.590. The highest BCUT2D eigenvalue weighted by Gasteiger charge is 2.16. The van der Waals surface area contributed by atoms with Crippen LogP contribution in [0, 0.1) is 0 Å². The Labute approximate surface area is 129 Å². The van der Waals surface area contributed by atoms with Crippen LogP contribution in [-0.4, -0.2) is 0 Å². The molecule has 0 spiro atoms. The molecule has 2 unspecified atom stereocenters. The lowest BCUT2D eigenvalue weighted by Gasteiger charge is -2.21. The van der Waals surface area contributed by atoms with Crippen molar-refractivity contribution in [3.63, 3.8) is 0 Å². The van der Waals surface area contributed by atoms with Crippen LogP contribution in [0.1, 0.15) is 67.2 Å². The van der Waals surface area contributed by atoms with E-state index in [4.69, 9.17) is 0 Å². The average Bonchev–Trinajstić information content (AvgIpc) is 2.91. The maximum Gasteiger partial charge on any atom is -0.0184 e. The molecule has 0 aromatic heterocycles. The van der Waals surface area contributed by atoms with Gasteiger partial charge in [0, 0.05) is 0 Å². The van der Waals surface area contributed by atoms with E-state index in [1.165, 1.54) is 32.1 Å². The quantitative estimate of drug-likeness (QED) is 0.566. The van der Waals surface area contributed by atoms with E-state index >= 15 is 0 Å². The van der Waals surface area contributed by atoms with E-state index < -0.39 is 0 Å². The van der Waals surface area contributed by atoms with E-state index in [1.807, 2.05) is 0 Å². The Hall–Kier alpha value is -1.56. The fourth-order valence-corrected chi connectivity index (χ4v) is 3.77. The number of hydrogen-bond donors (Lipinski definition) is 0. The molecule has 2 aliphatic rings. The summed E-state index contributed by atoms with van der Waals surface area (Å²) in [6.07, 6.45) is 6.67. The zero-order chi connectivity index (χ0) is 14.7. The van der Waals surface area contributed by atoms with Crippen molar-refractivity contribution in [1.82, 2.24) is 0 Å². The third-order valence-electron chi connectivity index (χ3n) is 5.10. The van der Waals surface area contributed by atoms with Crippen molar-refractivity contribution < 1.29 is 0 Å². The Morgan fingerprint density at radius 3 is 1.76 bits per heavy atom. The van der Waals surface area contributed by atoms with Gasteiger partial charge in [-0.1, -0.05) is 62.4 Å². The van der Waals surface area contributed by atoms with Crippen LogP contribution in [0.25, 0.3) is 0 Å². The third-order valence-corrected chi connectivity index (χ3v) is 5.10. The first kappa shape index (κ1) is 14.4. The maximum atomic E-state index is 2.33. The lowest BCUT2D eigenvalue weighted by atomic mass is 9.84. The standard InChI is InChI=1S/C11H14.C10H12/c1-9-5-4-7-10-6-2-3-8-11(9)10;1-8-6-7-9-4-2-3-5-10(8)9/h2-3,6,8-9H,4-5,7H2,1H3;2-5,8H,6-7H2,1H3. The van der Waals surface area contributed by atoms with E-state index in [0.29, 0.717) is 0 Å². The van der Waals surface area contributed by atoms with Gasteiger partial charge in [-0.3, -0.25) is 0 Å². The molecule has 0 amide bonds. The molecule has 4 rings (SSSR count). The van der Waals surface area contributed by atoms with Crippen molar-refractivity contribution in [3.05, 3.63) is 70.8 Å². The molecule has 0 fully saturated rings. The molecular formula is C21H26. The molecule has 2 atom stereocenters. The molecule has 0 radical (unpaired) electrons. The highest BCUT2D eigenvalue weighted by atomic mass is 14.2. The minimum atomic E-state index is 0.792. The smallest absolute Gasteiger partial charge is 0.0184 e. The monoisotopic (exact) mass is 278 g/mol. The van der Waals surface area contributed by atoms with Gasteiger partial charge in [-0.25, -0.2) is 0 Å². The van der Waals surface area contributed by atoms with Crippen molar-refractivity contribution in [1.29, 1.82) is 0 Å². The summed E-state index contributed by atoms with van der Waals surface area (Å²) < 4.78 is 0. The largest absolute Gasteiger partial charge is 0.0620 e. The molecule has 0 heteroatoms. The van der Waals surface area contributed by atoms with Crippen LogP contribution in [0.2, 0.25) is 0 Å². The summed E-state index contributed by atoms with van der Waals surface area (Å²) in [5.74, 6) is 1.59. The zero-order valence-electron chi connectivity index (χ0n) is 13.3. The Morgan fingerprint density at radius 2 is 1.19 bits per heavy atom. The van der Waals surface area contributed by atoms with Crippen molar-refractivity contribution in [3.8, 4) is 0 Å². The first-order chi connectivity index (χ1) is 10.3. The van der Waals surface area contributed by atoms with E-state index in [0.717, 1.165) is 11.8 Å². The minimum Gasteiger partial charge on any atom is -0.0620 e. The Balaban J connectivity index is 0.000000126. The van der Waals surface area contributed by atoms with E-state index in [-0.39, 0.29) is 0 Å². The van der Waals surface area contributed by atoms with E-state index in [9.17, 15) is 0 Å². The molecule has 0 aliphatic heterocycles. The first-order valence-electron chi connectivity index (χ1n) is 8.41. The molecule has 0 saturated carbocycles. The van der Waals surface area contributed by atoms with Gasteiger partial charge in [0.2, 0.25) is 0 Å². The molecule has 0 nitrogen and oxygen atoms in total. The van der Waals surface area contributed by atoms with Gasteiger partial charge in [-0.15, -0.1) is 0 Å². The summed E-state index contributed by atoms with van der Waals surface area (Å²) in [5.41, 5.74) is 6.29. The first-order valence-corrected chi connectivity index (χ1v) is 8.41. The molecule has 2 aromatic carbocycles. The predicted molar refractivity (Wildman–Crippen MR) is 91.0 cm³/mol. The second-order valence-electron chi connectivity index (χ2n) is 6.63. The van der Waals surface area contributed by atoms with Crippen LogP contribution in [0.4, 0.5) is 0 Å². The van der Waals surface area contributed by atoms with Crippen LogP contribution in [0.5, 0.6) is 0 Å². The molecule has 0 saturated heterocycles. The summed E-state index contributed by atoms with van der Waals surface area (Å²) in [6.45, 7) is 4.64. The van der Waals surface area contributed by atoms with Gasteiger partial charge in [-0.2, -0.15) is 0 Å². The molecule has 0 N–H and O–H groups in total. The second kappa shape index (κ2) is 6.47. The second-order valence-corrected chi connectivity index (χ2v) is 6.63. The number of hydrogen-bond acceptors (Lipinski definition) is 0. The molecule has 2 aromatic rings. The van der Waals surface area contributed by atoms with E-state index in [1.54, 1.807) is 22.3 Å². The maximum absolute atomic E-state index is 2.33. The fourth-order valence-electron chi connectivity index (χ4n) is 3.77. The predicted octanol–water partition coefficient (Wildman–Crippen LogP) is 5.86. The number of benzene rings is 2. The minimum absolute atomic E-state index is 0.792. The zero-order valence-corrected chi connectivity index (χ0v) is 13.3. The Kier molecular flexibility index (Phi) is 4.43. The third kappa shape index (κ3) is 3.20. The number of rotatable bonds is 0. The van der Waals surface area contributed by atoms with Crippen molar-refractivity contribution in [2.24, 2.45) is 0 Å². The lowest BCUT2D eigenvalue weighted by Crippen LogP contribution is -2.05. The summed E-state index contributed by atoms with van der Waals surface area (Å²) in [4.78, 5) is 0. The fraction of sp³-hybridized carbons (Fsp3) is 0.429. The van der Waals surface area contributed by atoms with Gasteiger partial charge in [0.25, 0.3) is 0 Å². The van der Waals surface area contributed by atoms with Crippen LogP contribution in [0.15, 0.2) is 48.5 Å². The van der Waals surface area contributed by atoms with Gasteiger partial charge < -0.3 is 0 Å². The number of fused-ring (bicyclic) bond motifs is 2. The van der Waals surface area contributed by atoms with Gasteiger partial charge in [0.15, 0.2) is 0 Å². The number of aryl methyl sites for hydroxylation is 2. The molecular weight excluding hydrogens is 252 g/mol. The summed E-state index contributed by atoms with van der Waals surface area (Å²) in [6, 6.07) is 17.6. The Bertz CT molecular complexity index is 596. The van der Waals surface area contributed by atoms with Gasteiger partial charge in [0.05, 0.1) is 0 Å². The normalized spacial score (nSPS) is 22.8. The average molecular weight is 278 g/mol. The highest BCUT2D eigenvalue weighted by Crippen LogP contribution is 2.32. The van der Waals surface area contributed by atoms with Crippen molar-refractivity contribution >= 4 is 0 Å². The van der Waals surface area contributed by atoms with Gasteiger partial charge in [0.1, 0.15) is 0 Å². The molecule has 2 aliphatic carbocycles.